The van der Waals surface area contributed by atoms with Crippen LogP contribution in [0.25, 0.3) is 0 Å². The van der Waals surface area contributed by atoms with Crippen LogP contribution in [-0.4, -0.2) is 21.6 Å². The number of nitrogens with one attached hydrogen (secondary N) is 1. The molecule has 0 aliphatic carbocycles. The molecular formula is C13H21NO3S. The van der Waals surface area contributed by atoms with E-state index in [2.05, 4.69) is 4.72 Å². The van der Waals surface area contributed by atoms with Crippen molar-refractivity contribution in [1.29, 1.82) is 0 Å². The highest BCUT2D eigenvalue weighted by Crippen LogP contribution is 2.25. The smallest absolute Gasteiger partial charge is 0.244 e. The van der Waals surface area contributed by atoms with Gasteiger partial charge in [-0.2, -0.15) is 0 Å². The lowest BCUT2D eigenvalue weighted by Gasteiger charge is -2.15. The van der Waals surface area contributed by atoms with Crippen LogP contribution in [-0.2, 0) is 16.4 Å². The monoisotopic (exact) mass is 271 g/mol. The summed E-state index contributed by atoms with van der Waals surface area (Å²) in [6.07, 6.45) is 1.53. The molecule has 0 saturated carbocycles. The minimum atomic E-state index is -3.52. The quantitative estimate of drug-likeness (QED) is 0.864. The number of benzene rings is 1. The average molecular weight is 271 g/mol. The summed E-state index contributed by atoms with van der Waals surface area (Å²) in [5, 5.41) is 0. The summed E-state index contributed by atoms with van der Waals surface area (Å²) >= 11 is 0. The maximum atomic E-state index is 12.3. The molecule has 0 heterocycles. The number of methoxy groups -OCH3 is 1. The molecule has 0 aromatic heterocycles. The van der Waals surface area contributed by atoms with Crippen LogP contribution in [0.4, 0.5) is 0 Å². The standard InChI is InChI=1S/C13H21NO3S/c1-5-10(3)14-18(15,16)13-9-11(6-2)7-8-12(13)17-4/h7-10,14H,5-6H2,1-4H3. The molecule has 1 atom stereocenters. The Hall–Kier alpha value is -1.07. The van der Waals surface area contributed by atoms with E-state index in [1.165, 1.54) is 7.11 Å². The summed E-state index contributed by atoms with van der Waals surface area (Å²) in [7, 11) is -2.05. The molecule has 102 valence electrons. The average Bonchev–Trinajstić information content (AvgIpc) is 2.37. The second-order valence-corrected chi connectivity index (χ2v) is 5.95. The van der Waals surface area contributed by atoms with Crippen molar-refractivity contribution in [2.75, 3.05) is 7.11 Å². The molecule has 0 bridgehead atoms. The Labute approximate surface area is 109 Å². The number of rotatable bonds is 6. The Balaban J connectivity index is 3.20. The molecular weight excluding hydrogens is 250 g/mol. The van der Waals surface area contributed by atoms with Gasteiger partial charge in [0.1, 0.15) is 10.6 Å². The normalized spacial score (nSPS) is 13.3. The van der Waals surface area contributed by atoms with Gasteiger partial charge in [-0.25, -0.2) is 13.1 Å². The predicted octanol–water partition coefficient (Wildman–Crippen LogP) is 2.33. The van der Waals surface area contributed by atoms with Gasteiger partial charge in [-0.1, -0.05) is 19.9 Å². The summed E-state index contributed by atoms with van der Waals surface area (Å²) in [5.74, 6) is 0.378. The van der Waals surface area contributed by atoms with Crippen molar-refractivity contribution in [3.8, 4) is 5.75 Å². The first-order valence-electron chi connectivity index (χ1n) is 6.13. The summed E-state index contributed by atoms with van der Waals surface area (Å²) in [4.78, 5) is 0.213. The Morgan fingerprint density at radius 2 is 2.00 bits per heavy atom. The Morgan fingerprint density at radius 1 is 1.33 bits per heavy atom. The summed E-state index contributed by atoms with van der Waals surface area (Å²) < 4.78 is 32.3. The molecule has 0 amide bonds. The van der Waals surface area contributed by atoms with Gasteiger partial charge in [0.2, 0.25) is 10.0 Å². The van der Waals surface area contributed by atoms with E-state index in [0.29, 0.717) is 5.75 Å². The molecule has 0 aliphatic rings. The largest absolute Gasteiger partial charge is 0.495 e. The van der Waals surface area contributed by atoms with Crippen LogP contribution >= 0.6 is 0 Å². The topological polar surface area (TPSA) is 55.4 Å². The fraction of sp³-hybridized carbons (Fsp3) is 0.538. The predicted molar refractivity (Wildman–Crippen MR) is 72.4 cm³/mol. The van der Waals surface area contributed by atoms with Crippen molar-refractivity contribution in [1.82, 2.24) is 4.72 Å². The maximum absolute atomic E-state index is 12.3. The molecule has 0 spiro atoms. The second kappa shape index (κ2) is 6.20. The molecule has 18 heavy (non-hydrogen) atoms. The van der Waals surface area contributed by atoms with Crippen LogP contribution in [0.3, 0.4) is 0 Å². The van der Waals surface area contributed by atoms with E-state index in [4.69, 9.17) is 4.74 Å². The number of hydrogen-bond acceptors (Lipinski definition) is 3. The third kappa shape index (κ3) is 3.46. The van der Waals surface area contributed by atoms with Crippen molar-refractivity contribution in [3.05, 3.63) is 23.8 Å². The number of sulfonamides is 1. The summed E-state index contributed by atoms with van der Waals surface area (Å²) in [5.41, 5.74) is 0.973. The number of ether oxygens (including phenoxy) is 1. The molecule has 0 saturated heterocycles. The van der Waals surface area contributed by atoms with Crippen molar-refractivity contribution in [3.63, 3.8) is 0 Å². The third-order valence-electron chi connectivity index (χ3n) is 2.89. The van der Waals surface area contributed by atoms with E-state index < -0.39 is 10.0 Å². The molecule has 0 radical (unpaired) electrons. The van der Waals surface area contributed by atoms with Gasteiger partial charge in [0.25, 0.3) is 0 Å². The van der Waals surface area contributed by atoms with Crippen LogP contribution in [0.5, 0.6) is 5.75 Å². The highest BCUT2D eigenvalue weighted by Gasteiger charge is 2.21. The highest BCUT2D eigenvalue weighted by molar-refractivity contribution is 7.89. The van der Waals surface area contributed by atoms with Crippen molar-refractivity contribution in [2.24, 2.45) is 0 Å². The first-order valence-corrected chi connectivity index (χ1v) is 7.62. The fourth-order valence-corrected chi connectivity index (χ4v) is 3.11. The SMILES string of the molecule is CCc1ccc(OC)c(S(=O)(=O)NC(C)CC)c1. The van der Waals surface area contributed by atoms with E-state index >= 15 is 0 Å². The van der Waals surface area contributed by atoms with Crippen molar-refractivity contribution < 1.29 is 13.2 Å². The van der Waals surface area contributed by atoms with Crippen LogP contribution in [0.2, 0.25) is 0 Å². The highest BCUT2D eigenvalue weighted by atomic mass is 32.2. The molecule has 0 aliphatic heterocycles. The van der Waals surface area contributed by atoms with E-state index in [1.54, 1.807) is 12.1 Å². The van der Waals surface area contributed by atoms with E-state index in [9.17, 15) is 8.42 Å². The number of hydrogen-bond donors (Lipinski definition) is 1. The van der Waals surface area contributed by atoms with Crippen molar-refractivity contribution in [2.45, 2.75) is 44.6 Å². The third-order valence-corrected chi connectivity index (χ3v) is 4.51. The number of aryl methyl sites for hydroxylation is 1. The zero-order chi connectivity index (χ0) is 13.8. The fourth-order valence-electron chi connectivity index (χ4n) is 1.56. The second-order valence-electron chi connectivity index (χ2n) is 4.27. The molecule has 4 nitrogen and oxygen atoms in total. The van der Waals surface area contributed by atoms with E-state index in [0.717, 1.165) is 18.4 Å². The molecule has 1 aromatic rings. The van der Waals surface area contributed by atoms with Gasteiger partial charge in [-0.05, 0) is 37.5 Å². The van der Waals surface area contributed by atoms with Gasteiger partial charge < -0.3 is 4.74 Å². The summed E-state index contributed by atoms with van der Waals surface area (Å²) in [6, 6.07) is 5.15. The molecule has 1 rings (SSSR count). The lowest BCUT2D eigenvalue weighted by Crippen LogP contribution is -2.32. The zero-order valence-electron chi connectivity index (χ0n) is 11.4. The van der Waals surface area contributed by atoms with E-state index in [1.807, 2.05) is 26.8 Å². The van der Waals surface area contributed by atoms with Crippen molar-refractivity contribution >= 4 is 10.0 Å². The molecule has 1 N–H and O–H groups in total. The Bertz CT molecular complexity index is 497. The first kappa shape index (κ1) is 15.0. The lowest BCUT2D eigenvalue weighted by atomic mass is 10.2. The molecule has 0 fully saturated rings. The van der Waals surface area contributed by atoms with Crippen LogP contribution in [0.1, 0.15) is 32.8 Å². The molecule has 1 aromatic carbocycles. The van der Waals surface area contributed by atoms with Crippen LogP contribution in [0.15, 0.2) is 23.1 Å². The van der Waals surface area contributed by atoms with Gasteiger partial charge in [0, 0.05) is 6.04 Å². The van der Waals surface area contributed by atoms with Gasteiger partial charge >= 0.3 is 0 Å². The molecule has 1 unspecified atom stereocenters. The van der Waals surface area contributed by atoms with E-state index in [-0.39, 0.29) is 10.9 Å². The van der Waals surface area contributed by atoms with Crippen LogP contribution < -0.4 is 9.46 Å². The minimum Gasteiger partial charge on any atom is -0.495 e. The minimum absolute atomic E-state index is 0.0926. The van der Waals surface area contributed by atoms with Gasteiger partial charge in [-0.15, -0.1) is 0 Å². The maximum Gasteiger partial charge on any atom is 0.244 e. The lowest BCUT2D eigenvalue weighted by molar-refractivity contribution is 0.401. The van der Waals surface area contributed by atoms with Gasteiger partial charge in [0.05, 0.1) is 7.11 Å². The Kier molecular flexibility index (Phi) is 5.16. The zero-order valence-corrected chi connectivity index (χ0v) is 12.2. The van der Waals surface area contributed by atoms with Gasteiger partial charge in [0.15, 0.2) is 0 Å². The van der Waals surface area contributed by atoms with Crippen LogP contribution in [0, 0.1) is 0 Å². The summed E-state index contributed by atoms with van der Waals surface area (Å²) in [6.45, 7) is 5.76. The van der Waals surface area contributed by atoms with Gasteiger partial charge in [-0.3, -0.25) is 0 Å². The first-order chi connectivity index (χ1) is 8.44. The molecule has 5 heteroatoms. The Morgan fingerprint density at radius 3 is 2.50 bits per heavy atom.